The predicted molar refractivity (Wildman–Crippen MR) is 76.0 cm³/mol. The van der Waals surface area contributed by atoms with Crippen LogP contribution in [0.1, 0.15) is 30.0 Å². The average Bonchev–Trinajstić information content (AvgIpc) is 2.82. The van der Waals surface area contributed by atoms with Gasteiger partial charge in [-0.3, -0.25) is 5.10 Å². The lowest BCUT2D eigenvalue weighted by Gasteiger charge is -2.22. The molecule has 0 radical (unpaired) electrons. The molecule has 1 saturated heterocycles. The fourth-order valence-electron chi connectivity index (χ4n) is 2.77. The number of aromatic amines is 1. The van der Waals surface area contributed by atoms with Crippen molar-refractivity contribution in [2.75, 3.05) is 18.9 Å². The molecule has 0 saturated carbocycles. The number of nitrogens with one attached hydrogen (secondary N) is 1. The van der Waals surface area contributed by atoms with Crippen molar-refractivity contribution in [1.82, 2.24) is 10.2 Å². The molecule has 3 N–H and O–H groups in total. The van der Waals surface area contributed by atoms with Gasteiger partial charge in [0.25, 0.3) is 0 Å². The summed E-state index contributed by atoms with van der Waals surface area (Å²) in [5.41, 5.74) is 10.6. The van der Waals surface area contributed by atoms with E-state index in [0.717, 1.165) is 42.9 Å². The molecule has 19 heavy (non-hydrogen) atoms. The number of ether oxygens (including phenoxy) is 1. The van der Waals surface area contributed by atoms with Gasteiger partial charge in [0.15, 0.2) is 5.82 Å². The molecule has 2 aromatic rings. The highest BCUT2D eigenvalue weighted by molar-refractivity contribution is 5.78. The maximum absolute atomic E-state index is 6.07. The Balaban J connectivity index is 2.06. The monoisotopic (exact) mass is 257 g/mol. The molecule has 100 valence electrons. The van der Waals surface area contributed by atoms with Crippen molar-refractivity contribution in [3.8, 4) is 11.1 Å². The molecule has 1 unspecified atom stereocenters. The molecule has 1 aliphatic heterocycles. The molecule has 1 aromatic heterocycles. The van der Waals surface area contributed by atoms with E-state index in [-0.39, 0.29) is 0 Å². The number of benzene rings is 1. The maximum atomic E-state index is 6.07. The second-order valence-electron chi connectivity index (χ2n) is 5.13. The third-order valence-electron chi connectivity index (χ3n) is 3.81. The van der Waals surface area contributed by atoms with Crippen LogP contribution < -0.4 is 5.73 Å². The van der Waals surface area contributed by atoms with Crippen LogP contribution >= 0.6 is 0 Å². The van der Waals surface area contributed by atoms with Crippen molar-refractivity contribution in [2.45, 2.75) is 25.7 Å². The van der Waals surface area contributed by atoms with E-state index >= 15 is 0 Å². The van der Waals surface area contributed by atoms with E-state index < -0.39 is 0 Å². The lowest BCUT2D eigenvalue weighted by atomic mass is 9.91. The lowest BCUT2D eigenvalue weighted by Crippen LogP contribution is -2.16. The second kappa shape index (κ2) is 5.05. The van der Waals surface area contributed by atoms with E-state index in [2.05, 4.69) is 29.3 Å². The molecular formula is C15H19N3O. The Labute approximate surface area is 113 Å². The smallest absolute Gasteiger partial charge is 0.153 e. The van der Waals surface area contributed by atoms with Crippen LogP contribution in [0.5, 0.6) is 0 Å². The Morgan fingerprint density at radius 3 is 2.95 bits per heavy atom. The van der Waals surface area contributed by atoms with Crippen LogP contribution in [-0.2, 0) is 4.74 Å². The number of hydrogen-bond donors (Lipinski definition) is 2. The fourth-order valence-corrected chi connectivity index (χ4v) is 2.77. The first kappa shape index (κ1) is 12.2. The number of H-pyrrole nitrogens is 1. The van der Waals surface area contributed by atoms with Gasteiger partial charge in [0.2, 0.25) is 0 Å². The molecule has 1 fully saturated rings. The molecule has 4 nitrogen and oxygen atoms in total. The minimum absolute atomic E-state index is 0.369. The lowest BCUT2D eigenvalue weighted by molar-refractivity contribution is 0.0794. The van der Waals surface area contributed by atoms with Crippen LogP contribution in [0.25, 0.3) is 11.1 Å². The summed E-state index contributed by atoms with van der Waals surface area (Å²) in [5.74, 6) is 0.947. The SMILES string of the molecule is Cc1ccccc1-c1c(N)n[nH]c1C1CCCOC1. The van der Waals surface area contributed by atoms with E-state index in [9.17, 15) is 0 Å². The summed E-state index contributed by atoms with van der Waals surface area (Å²) >= 11 is 0. The summed E-state index contributed by atoms with van der Waals surface area (Å²) in [6.45, 7) is 3.71. The number of aryl methyl sites for hydroxylation is 1. The predicted octanol–water partition coefficient (Wildman–Crippen LogP) is 2.86. The first-order valence-electron chi connectivity index (χ1n) is 6.75. The Kier molecular flexibility index (Phi) is 3.25. The van der Waals surface area contributed by atoms with Gasteiger partial charge in [-0.2, -0.15) is 5.10 Å². The molecule has 1 aliphatic rings. The van der Waals surface area contributed by atoms with Crippen LogP contribution in [0.2, 0.25) is 0 Å². The third-order valence-corrected chi connectivity index (χ3v) is 3.81. The van der Waals surface area contributed by atoms with E-state index in [0.29, 0.717) is 11.7 Å². The number of hydrogen-bond acceptors (Lipinski definition) is 3. The summed E-state index contributed by atoms with van der Waals surface area (Å²) in [5, 5.41) is 7.32. The number of nitrogens with zero attached hydrogens (tertiary/aromatic N) is 1. The van der Waals surface area contributed by atoms with Crippen LogP contribution in [0.3, 0.4) is 0 Å². The van der Waals surface area contributed by atoms with Gasteiger partial charge in [-0.1, -0.05) is 24.3 Å². The first-order chi connectivity index (χ1) is 9.27. The van der Waals surface area contributed by atoms with Gasteiger partial charge in [0, 0.05) is 18.1 Å². The van der Waals surface area contributed by atoms with Gasteiger partial charge in [-0.25, -0.2) is 0 Å². The zero-order valence-electron chi connectivity index (χ0n) is 11.1. The summed E-state index contributed by atoms with van der Waals surface area (Å²) in [6, 6.07) is 8.28. The molecule has 3 rings (SSSR count). The minimum Gasteiger partial charge on any atom is -0.382 e. The van der Waals surface area contributed by atoms with Crippen molar-refractivity contribution in [3.63, 3.8) is 0 Å². The molecule has 1 atom stereocenters. The van der Waals surface area contributed by atoms with Crippen LogP contribution in [0, 0.1) is 6.92 Å². The van der Waals surface area contributed by atoms with Crippen LogP contribution in [0.15, 0.2) is 24.3 Å². The van der Waals surface area contributed by atoms with Gasteiger partial charge < -0.3 is 10.5 Å². The minimum atomic E-state index is 0.369. The largest absolute Gasteiger partial charge is 0.382 e. The summed E-state index contributed by atoms with van der Waals surface area (Å²) in [7, 11) is 0. The van der Waals surface area contributed by atoms with Crippen molar-refractivity contribution in [1.29, 1.82) is 0 Å². The van der Waals surface area contributed by atoms with Gasteiger partial charge in [0.1, 0.15) is 0 Å². The highest BCUT2D eigenvalue weighted by Crippen LogP contribution is 2.36. The Hall–Kier alpha value is -1.81. The third kappa shape index (κ3) is 2.24. The normalized spacial score (nSPS) is 19.5. The van der Waals surface area contributed by atoms with Gasteiger partial charge in [-0.05, 0) is 30.9 Å². The summed E-state index contributed by atoms with van der Waals surface area (Å²) in [6.07, 6.45) is 2.22. The topological polar surface area (TPSA) is 63.9 Å². The molecule has 4 heteroatoms. The number of rotatable bonds is 2. The fraction of sp³-hybridized carbons (Fsp3) is 0.400. The molecule has 0 aliphatic carbocycles. The Bertz CT molecular complexity index is 571. The molecule has 2 heterocycles. The molecule has 0 spiro atoms. The van der Waals surface area contributed by atoms with Crippen molar-refractivity contribution < 1.29 is 4.74 Å². The number of nitrogen functional groups attached to an aromatic ring is 1. The molecular weight excluding hydrogens is 238 g/mol. The first-order valence-corrected chi connectivity index (χ1v) is 6.75. The van der Waals surface area contributed by atoms with Crippen molar-refractivity contribution in [3.05, 3.63) is 35.5 Å². The van der Waals surface area contributed by atoms with E-state index in [1.54, 1.807) is 0 Å². The van der Waals surface area contributed by atoms with Crippen LogP contribution in [0.4, 0.5) is 5.82 Å². The van der Waals surface area contributed by atoms with Crippen molar-refractivity contribution in [2.24, 2.45) is 0 Å². The van der Waals surface area contributed by atoms with Gasteiger partial charge in [0.05, 0.1) is 12.3 Å². The molecule has 0 bridgehead atoms. The highest BCUT2D eigenvalue weighted by atomic mass is 16.5. The van der Waals surface area contributed by atoms with Gasteiger partial charge in [-0.15, -0.1) is 0 Å². The molecule has 0 amide bonds. The van der Waals surface area contributed by atoms with Crippen molar-refractivity contribution >= 4 is 5.82 Å². The quantitative estimate of drug-likeness (QED) is 0.869. The van der Waals surface area contributed by atoms with E-state index in [4.69, 9.17) is 10.5 Å². The van der Waals surface area contributed by atoms with E-state index in [1.807, 2.05) is 12.1 Å². The summed E-state index contributed by atoms with van der Waals surface area (Å²) in [4.78, 5) is 0. The average molecular weight is 257 g/mol. The zero-order valence-corrected chi connectivity index (χ0v) is 11.1. The maximum Gasteiger partial charge on any atom is 0.153 e. The van der Waals surface area contributed by atoms with Gasteiger partial charge >= 0.3 is 0 Å². The standard InChI is InChI=1S/C15H19N3O/c1-10-5-2-3-7-12(10)13-14(17-18-15(13)16)11-6-4-8-19-9-11/h2-3,5,7,11H,4,6,8-9H2,1H3,(H3,16,17,18). The number of aromatic nitrogens is 2. The van der Waals surface area contributed by atoms with Crippen LogP contribution in [-0.4, -0.2) is 23.4 Å². The Morgan fingerprint density at radius 2 is 2.21 bits per heavy atom. The summed E-state index contributed by atoms with van der Waals surface area (Å²) < 4.78 is 5.58. The highest BCUT2D eigenvalue weighted by Gasteiger charge is 2.24. The number of nitrogens with two attached hydrogens (primary N) is 1. The Morgan fingerprint density at radius 1 is 1.37 bits per heavy atom. The number of anilines is 1. The zero-order chi connectivity index (χ0) is 13.2. The van der Waals surface area contributed by atoms with E-state index in [1.165, 1.54) is 5.56 Å². The second-order valence-corrected chi connectivity index (χ2v) is 5.13. The molecule has 1 aromatic carbocycles.